The molecule has 190 valence electrons. The molecule has 0 unspecified atom stereocenters. The second kappa shape index (κ2) is 11.4. The van der Waals surface area contributed by atoms with Crippen molar-refractivity contribution in [2.24, 2.45) is 5.92 Å². The summed E-state index contributed by atoms with van der Waals surface area (Å²) in [6.45, 7) is 5.77. The molecule has 2 heterocycles. The Labute approximate surface area is 224 Å². The third-order valence-electron chi connectivity index (χ3n) is 8.05. The van der Waals surface area contributed by atoms with Gasteiger partial charge in [-0.1, -0.05) is 41.4 Å². The molecule has 1 aliphatic carbocycles. The third kappa shape index (κ3) is 5.99. The molecule has 36 heavy (non-hydrogen) atoms. The summed E-state index contributed by atoms with van der Waals surface area (Å²) < 4.78 is 0. The van der Waals surface area contributed by atoms with Gasteiger partial charge in [0.25, 0.3) is 0 Å². The van der Waals surface area contributed by atoms with Gasteiger partial charge in [0.1, 0.15) is 0 Å². The van der Waals surface area contributed by atoms with Crippen LogP contribution >= 0.6 is 23.2 Å². The van der Waals surface area contributed by atoms with Crippen LogP contribution in [0, 0.1) is 12.8 Å². The molecule has 0 radical (unpaired) electrons. The number of likely N-dealkylation sites (tertiary alicyclic amines) is 1. The largest absolute Gasteiger partial charge is 0.361 e. The highest BCUT2D eigenvalue weighted by atomic mass is 35.5. The first-order valence-electron chi connectivity index (χ1n) is 13.2. The molecule has 1 aromatic heterocycles. The molecule has 4 nitrogen and oxygen atoms in total. The Morgan fingerprint density at radius 1 is 1.06 bits per heavy atom. The van der Waals surface area contributed by atoms with Crippen LogP contribution in [0.5, 0.6) is 0 Å². The van der Waals surface area contributed by atoms with E-state index in [0.29, 0.717) is 16.0 Å². The van der Waals surface area contributed by atoms with Gasteiger partial charge in [0.15, 0.2) is 0 Å². The number of nitrogens with zero attached hydrogens (tertiary/aromatic N) is 1. The summed E-state index contributed by atoms with van der Waals surface area (Å²) in [7, 11) is 0. The lowest BCUT2D eigenvalue weighted by Crippen LogP contribution is -2.41. The van der Waals surface area contributed by atoms with Crippen LogP contribution in [0.3, 0.4) is 0 Å². The van der Waals surface area contributed by atoms with Crippen LogP contribution in [0.2, 0.25) is 10.0 Å². The van der Waals surface area contributed by atoms with Gasteiger partial charge in [-0.2, -0.15) is 0 Å². The lowest BCUT2D eigenvalue weighted by atomic mass is 9.84. The fraction of sp³-hybridized carbons (Fsp3) is 0.433. The van der Waals surface area contributed by atoms with Crippen LogP contribution in [-0.4, -0.2) is 41.5 Å². The second-order valence-corrected chi connectivity index (χ2v) is 11.4. The topological polar surface area (TPSA) is 48.1 Å². The highest BCUT2D eigenvalue weighted by Crippen LogP contribution is 2.35. The van der Waals surface area contributed by atoms with Crippen LogP contribution in [-0.2, 0) is 4.79 Å². The maximum Gasteiger partial charge on any atom is 0.244 e. The summed E-state index contributed by atoms with van der Waals surface area (Å²) in [4.78, 5) is 18.6. The number of aryl methyl sites for hydroxylation is 1. The molecule has 1 saturated heterocycles. The maximum atomic E-state index is 12.4. The van der Waals surface area contributed by atoms with Gasteiger partial charge >= 0.3 is 0 Å². The molecule has 0 bridgehead atoms. The van der Waals surface area contributed by atoms with E-state index in [2.05, 4.69) is 46.5 Å². The number of hydrogen-bond acceptors (Lipinski definition) is 2. The summed E-state index contributed by atoms with van der Waals surface area (Å²) in [5.41, 5.74) is 5.01. The van der Waals surface area contributed by atoms with E-state index >= 15 is 0 Å². The summed E-state index contributed by atoms with van der Waals surface area (Å²) in [5.74, 6) is 1.34. The van der Waals surface area contributed by atoms with E-state index in [1.165, 1.54) is 67.3 Å². The number of hydrogen-bond donors (Lipinski definition) is 2. The van der Waals surface area contributed by atoms with Gasteiger partial charge in [-0.15, -0.1) is 0 Å². The molecule has 1 amide bonds. The first-order chi connectivity index (χ1) is 17.5. The maximum absolute atomic E-state index is 12.4. The first kappa shape index (κ1) is 25.4. The van der Waals surface area contributed by atoms with Gasteiger partial charge in [0.05, 0.1) is 10.0 Å². The normalized spacial score (nSPS) is 21.9. The van der Waals surface area contributed by atoms with Gasteiger partial charge in [-0.25, -0.2) is 0 Å². The van der Waals surface area contributed by atoms with E-state index < -0.39 is 0 Å². The summed E-state index contributed by atoms with van der Waals surface area (Å²) in [5, 5.41) is 5.62. The number of halogens is 2. The highest BCUT2D eigenvalue weighted by molar-refractivity contribution is 6.42. The number of aromatic nitrogens is 1. The monoisotopic (exact) mass is 523 g/mol. The van der Waals surface area contributed by atoms with Crippen LogP contribution in [0.15, 0.2) is 48.7 Å². The van der Waals surface area contributed by atoms with E-state index in [-0.39, 0.29) is 11.9 Å². The fourth-order valence-corrected chi connectivity index (χ4v) is 6.35. The van der Waals surface area contributed by atoms with Gasteiger partial charge in [-0.3, -0.25) is 4.79 Å². The number of aromatic amines is 1. The molecule has 6 heteroatoms. The predicted molar refractivity (Wildman–Crippen MR) is 151 cm³/mol. The van der Waals surface area contributed by atoms with Crippen LogP contribution < -0.4 is 5.32 Å². The number of rotatable bonds is 6. The molecule has 3 aromatic rings. The molecule has 2 aliphatic rings. The fourth-order valence-electron chi connectivity index (χ4n) is 6.04. The number of fused-ring (bicyclic) bond motifs is 1. The van der Waals surface area contributed by atoms with Crippen molar-refractivity contribution in [3.63, 3.8) is 0 Å². The van der Waals surface area contributed by atoms with Gasteiger partial charge in [0.2, 0.25) is 5.91 Å². The molecule has 2 fully saturated rings. The van der Waals surface area contributed by atoms with E-state index in [1.54, 1.807) is 24.3 Å². The molecular weight excluding hydrogens is 489 g/mol. The molecule has 1 saturated carbocycles. The van der Waals surface area contributed by atoms with Crippen molar-refractivity contribution in [3.05, 3.63) is 75.4 Å². The SMILES string of the molecule is Cc1cccc2[nH]cc(C3CCN(CC4CCC(NC(=O)/C=C/c5ccc(Cl)c(Cl)c5)CC4)CC3)c12. The van der Waals surface area contributed by atoms with Crippen LogP contribution in [0.25, 0.3) is 17.0 Å². The number of nitrogens with one attached hydrogen (secondary N) is 2. The molecule has 2 aromatic carbocycles. The second-order valence-electron chi connectivity index (χ2n) is 10.5. The van der Waals surface area contributed by atoms with E-state index in [1.807, 2.05) is 6.07 Å². The molecule has 1 aliphatic heterocycles. The Bertz CT molecular complexity index is 1230. The zero-order valence-electron chi connectivity index (χ0n) is 20.9. The number of carbonyl (C=O) groups is 1. The lowest BCUT2D eigenvalue weighted by Gasteiger charge is -2.36. The van der Waals surface area contributed by atoms with Crippen molar-refractivity contribution < 1.29 is 4.79 Å². The molecule has 5 rings (SSSR count). The predicted octanol–water partition coefficient (Wildman–Crippen LogP) is 7.35. The smallest absolute Gasteiger partial charge is 0.244 e. The van der Waals surface area contributed by atoms with Crippen molar-refractivity contribution in [2.45, 2.75) is 57.4 Å². The zero-order chi connectivity index (χ0) is 25.1. The number of carbonyl (C=O) groups excluding carboxylic acids is 1. The van der Waals surface area contributed by atoms with Gasteiger partial charge in [-0.05, 0) is 111 Å². The van der Waals surface area contributed by atoms with Crippen molar-refractivity contribution in [1.82, 2.24) is 15.2 Å². The van der Waals surface area contributed by atoms with E-state index in [4.69, 9.17) is 23.2 Å². The minimum absolute atomic E-state index is 0.0425. The van der Waals surface area contributed by atoms with Gasteiger partial charge in [0, 0.05) is 35.8 Å². The standard InChI is InChI=1S/C30H35Cl2N3O/c1-20-3-2-4-28-30(20)25(18-33-28)23-13-15-35(16-14-23)19-22-5-9-24(10-6-22)34-29(36)12-8-21-7-11-26(31)27(32)17-21/h2-4,7-8,11-12,17-18,22-24,33H,5-6,9-10,13-16,19H2,1H3,(H,34,36)/b12-8+. The Morgan fingerprint density at radius 3 is 2.58 bits per heavy atom. The van der Waals surface area contributed by atoms with Crippen molar-refractivity contribution in [1.29, 1.82) is 0 Å². The average molecular weight is 525 g/mol. The Hall–Kier alpha value is -2.27. The Kier molecular flexibility index (Phi) is 8.05. The average Bonchev–Trinajstić information content (AvgIpc) is 3.32. The molecule has 0 atom stereocenters. The first-order valence-corrected chi connectivity index (χ1v) is 13.9. The van der Waals surface area contributed by atoms with Crippen molar-refractivity contribution in [2.75, 3.05) is 19.6 Å². The zero-order valence-corrected chi connectivity index (χ0v) is 22.4. The van der Waals surface area contributed by atoms with Gasteiger partial charge < -0.3 is 15.2 Å². The van der Waals surface area contributed by atoms with Crippen molar-refractivity contribution >= 4 is 46.1 Å². The van der Waals surface area contributed by atoms with E-state index in [9.17, 15) is 4.79 Å². The summed E-state index contributed by atoms with van der Waals surface area (Å²) in [6, 6.07) is 12.2. The summed E-state index contributed by atoms with van der Waals surface area (Å²) in [6.07, 6.45) is 12.6. The summed E-state index contributed by atoms with van der Waals surface area (Å²) >= 11 is 12.0. The third-order valence-corrected chi connectivity index (χ3v) is 8.79. The highest BCUT2D eigenvalue weighted by Gasteiger charge is 2.27. The minimum atomic E-state index is -0.0425. The van der Waals surface area contributed by atoms with Crippen molar-refractivity contribution in [3.8, 4) is 0 Å². The number of amides is 1. The minimum Gasteiger partial charge on any atom is -0.361 e. The molecule has 0 spiro atoms. The Balaban J connectivity index is 1.05. The number of benzene rings is 2. The van der Waals surface area contributed by atoms with Crippen LogP contribution in [0.4, 0.5) is 0 Å². The molecule has 2 N–H and O–H groups in total. The van der Waals surface area contributed by atoms with Crippen LogP contribution in [0.1, 0.15) is 61.1 Å². The quantitative estimate of drug-likeness (QED) is 0.331. The number of H-pyrrole nitrogens is 1. The Morgan fingerprint density at radius 2 is 1.83 bits per heavy atom. The number of piperidine rings is 1. The lowest BCUT2D eigenvalue weighted by molar-refractivity contribution is -0.117. The molecular formula is C30H35Cl2N3O. The van der Waals surface area contributed by atoms with E-state index in [0.717, 1.165) is 24.3 Å².